The minimum absolute atomic E-state index is 0.0181. The van der Waals surface area contributed by atoms with Crippen LogP contribution in [0.4, 0.5) is 5.69 Å². The molecule has 4 aromatic rings. The number of carbonyl (C=O) groups is 1. The first-order valence-corrected chi connectivity index (χ1v) is 12.9. The monoisotopic (exact) mass is 570 g/mol. The van der Waals surface area contributed by atoms with Gasteiger partial charge in [0.1, 0.15) is 5.75 Å². The van der Waals surface area contributed by atoms with Gasteiger partial charge < -0.3 is 4.74 Å². The number of hydrazone groups is 1. The number of nitrogens with one attached hydrogen (secondary N) is 1. The summed E-state index contributed by atoms with van der Waals surface area (Å²) in [5.74, 6) is 0.873. The third-order valence-electron chi connectivity index (χ3n) is 5.06. The fourth-order valence-electron chi connectivity index (χ4n) is 3.32. The van der Waals surface area contributed by atoms with Crippen molar-refractivity contribution in [1.29, 1.82) is 0 Å². The fourth-order valence-corrected chi connectivity index (χ4v) is 4.36. The zero-order valence-electron chi connectivity index (χ0n) is 19.9. The maximum absolute atomic E-state index is 12.5. The highest BCUT2D eigenvalue weighted by molar-refractivity contribution is 7.99. The van der Waals surface area contributed by atoms with Crippen LogP contribution >= 0.6 is 35.0 Å². The highest BCUT2D eigenvalue weighted by Crippen LogP contribution is 2.29. The lowest BCUT2D eigenvalue weighted by atomic mass is 10.2. The van der Waals surface area contributed by atoms with Crippen LogP contribution in [-0.4, -0.2) is 44.2 Å². The number of aromatic nitrogens is 3. The minimum atomic E-state index is -0.540. The Morgan fingerprint density at radius 2 is 1.87 bits per heavy atom. The molecule has 0 saturated carbocycles. The van der Waals surface area contributed by atoms with Gasteiger partial charge in [-0.05, 0) is 61.5 Å². The Morgan fingerprint density at radius 1 is 1.13 bits per heavy atom. The molecule has 1 N–H and O–H groups in total. The molecule has 0 unspecified atom stereocenters. The second-order valence-corrected chi connectivity index (χ2v) is 9.41. The van der Waals surface area contributed by atoms with Gasteiger partial charge in [0.15, 0.2) is 11.0 Å². The van der Waals surface area contributed by atoms with E-state index in [-0.39, 0.29) is 16.5 Å². The smallest absolute Gasteiger partial charge is 0.270 e. The SMILES string of the molecule is CCOc1ccc(-n2c(SCC(=O)N/N=C\c3cc([N+](=O)[O-])ccc3Cl)nnc2-c2ccc(Cl)cc2)cc1. The summed E-state index contributed by atoms with van der Waals surface area (Å²) in [5, 5.41) is 24.8. The van der Waals surface area contributed by atoms with Gasteiger partial charge in [0.2, 0.25) is 0 Å². The second-order valence-electron chi connectivity index (χ2n) is 7.62. The van der Waals surface area contributed by atoms with Crippen molar-refractivity contribution in [2.24, 2.45) is 5.10 Å². The lowest BCUT2D eigenvalue weighted by Gasteiger charge is -2.11. The average Bonchev–Trinajstić information content (AvgIpc) is 3.33. The Labute approximate surface area is 231 Å². The van der Waals surface area contributed by atoms with Crippen LogP contribution in [0.1, 0.15) is 12.5 Å². The average molecular weight is 571 g/mol. The van der Waals surface area contributed by atoms with Crippen LogP contribution in [0, 0.1) is 10.1 Å². The van der Waals surface area contributed by atoms with Crippen molar-refractivity contribution in [1.82, 2.24) is 20.2 Å². The van der Waals surface area contributed by atoms with E-state index < -0.39 is 10.8 Å². The molecule has 1 aromatic heterocycles. The van der Waals surface area contributed by atoms with Crippen molar-refractivity contribution in [3.8, 4) is 22.8 Å². The van der Waals surface area contributed by atoms with E-state index in [9.17, 15) is 14.9 Å². The van der Waals surface area contributed by atoms with Crippen LogP contribution in [0.25, 0.3) is 17.1 Å². The molecule has 38 heavy (non-hydrogen) atoms. The first kappa shape index (κ1) is 27.1. The van der Waals surface area contributed by atoms with Crippen molar-refractivity contribution in [2.45, 2.75) is 12.1 Å². The number of nitro benzene ring substituents is 1. The molecule has 0 fully saturated rings. The van der Waals surface area contributed by atoms with Crippen LogP contribution in [0.15, 0.2) is 77.0 Å². The van der Waals surface area contributed by atoms with Gasteiger partial charge in [0.25, 0.3) is 11.6 Å². The number of non-ortho nitro benzene ring substituents is 1. The van der Waals surface area contributed by atoms with Gasteiger partial charge >= 0.3 is 0 Å². The molecular formula is C25H20Cl2N6O4S. The third kappa shape index (κ3) is 6.68. The molecule has 1 heterocycles. The number of thioether (sulfide) groups is 1. The Hall–Kier alpha value is -3.93. The van der Waals surface area contributed by atoms with Crippen LogP contribution in [-0.2, 0) is 4.79 Å². The first-order chi connectivity index (χ1) is 18.4. The van der Waals surface area contributed by atoms with Gasteiger partial charge in [-0.3, -0.25) is 19.5 Å². The van der Waals surface area contributed by atoms with E-state index in [1.165, 1.54) is 36.2 Å². The van der Waals surface area contributed by atoms with Crippen molar-refractivity contribution < 1.29 is 14.5 Å². The molecule has 0 spiro atoms. The molecule has 0 aliphatic rings. The summed E-state index contributed by atoms with van der Waals surface area (Å²) in [7, 11) is 0. The number of halogens is 2. The predicted molar refractivity (Wildman–Crippen MR) is 148 cm³/mol. The molecule has 3 aromatic carbocycles. The summed E-state index contributed by atoms with van der Waals surface area (Å²) in [4.78, 5) is 22.9. The highest BCUT2D eigenvalue weighted by atomic mass is 35.5. The quantitative estimate of drug-likeness (QED) is 0.111. The van der Waals surface area contributed by atoms with E-state index in [0.29, 0.717) is 28.2 Å². The molecule has 0 saturated heterocycles. The largest absolute Gasteiger partial charge is 0.494 e. The van der Waals surface area contributed by atoms with E-state index in [0.717, 1.165) is 17.0 Å². The van der Waals surface area contributed by atoms with Crippen LogP contribution in [0.2, 0.25) is 10.0 Å². The normalized spacial score (nSPS) is 11.0. The molecule has 4 rings (SSSR count). The van der Waals surface area contributed by atoms with E-state index >= 15 is 0 Å². The van der Waals surface area contributed by atoms with Crippen molar-refractivity contribution in [2.75, 3.05) is 12.4 Å². The Balaban J connectivity index is 1.51. The minimum Gasteiger partial charge on any atom is -0.494 e. The van der Waals surface area contributed by atoms with Crippen LogP contribution < -0.4 is 10.2 Å². The van der Waals surface area contributed by atoms with E-state index in [1.54, 1.807) is 12.1 Å². The molecule has 13 heteroatoms. The number of ether oxygens (including phenoxy) is 1. The Kier molecular flexibility index (Phi) is 8.95. The highest BCUT2D eigenvalue weighted by Gasteiger charge is 2.18. The molecule has 194 valence electrons. The summed E-state index contributed by atoms with van der Waals surface area (Å²) in [6.45, 7) is 2.46. The van der Waals surface area contributed by atoms with Crippen LogP contribution in [0.3, 0.4) is 0 Å². The molecule has 0 aliphatic heterocycles. The van der Waals surface area contributed by atoms with E-state index in [2.05, 4.69) is 20.7 Å². The van der Waals surface area contributed by atoms with Gasteiger partial charge in [-0.25, -0.2) is 5.43 Å². The molecule has 0 aliphatic carbocycles. The third-order valence-corrected chi connectivity index (χ3v) is 6.58. The lowest BCUT2D eigenvalue weighted by molar-refractivity contribution is -0.384. The molecule has 0 atom stereocenters. The predicted octanol–water partition coefficient (Wildman–Crippen LogP) is 5.79. The van der Waals surface area contributed by atoms with Gasteiger partial charge in [0, 0.05) is 39.0 Å². The number of hydrogen-bond acceptors (Lipinski definition) is 8. The number of amides is 1. The first-order valence-electron chi connectivity index (χ1n) is 11.2. The summed E-state index contributed by atoms with van der Waals surface area (Å²) in [6.07, 6.45) is 1.25. The number of carbonyl (C=O) groups excluding carboxylic acids is 1. The van der Waals surface area contributed by atoms with Gasteiger partial charge in [0.05, 0.1) is 23.5 Å². The number of hydrogen-bond donors (Lipinski definition) is 1. The van der Waals surface area contributed by atoms with Crippen molar-refractivity contribution >= 4 is 52.8 Å². The van der Waals surface area contributed by atoms with E-state index in [4.69, 9.17) is 27.9 Å². The summed E-state index contributed by atoms with van der Waals surface area (Å²) >= 11 is 13.3. The summed E-state index contributed by atoms with van der Waals surface area (Å²) in [5.41, 5.74) is 4.14. The number of rotatable bonds is 10. The topological polar surface area (TPSA) is 125 Å². The lowest BCUT2D eigenvalue weighted by Crippen LogP contribution is -2.20. The van der Waals surface area contributed by atoms with Crippen molar-refractivity contribution in [3.63, 3.8) is 0 Å². The maximum Gasteiger partial charge on any atom is 0.270 e. The van der Waals surface area contributed by atoms with Gasteiger partial charge in [-0.15, -0.1) is 10.2 Å². The second kappa shape index (κ2) is 12.5. The summed E-state index contributed by atoms with van der Waals surface area (Å²) < 4.78 is 7.38. The number of benzene rings is 3. The summed E-state index contributed by atoms with van der Waals surface area (Å²) in [6, 6.07) is 18.6. The van der Waals surface area contributed by atoms with Crippen LogP contribution in [0.5, 0.6) is 5.75 Å². The standard InChI is InChI=1S/C25H20Cl2N6O4S/c1-2-37-21-10-7-19(8-11-21)32-24(16-3-5-18(26)6-4-16)30-31-25(32)38-15-23(34)29-28-14-17-13-20(33(35)36)9-12-22(17)27/h3-14H,2,15H2,1H3,(H,29,34)/b28-14-. The molecule has 10 nitrogen and oxygen atoms in total. The van der Waals surface area contributed by atoms with Crippen molar-refractivity contribution in [3.05, 3.63) is 92.5 Å². The molecule has 0 radical (unpaired) electrons. The fraction of sp³-hybridized carbons (Fsp3) is 0.120. The van der Waals surface area contributed by atoms with Gasteiger partial charge in [-0.1, -0.05) is 35.0 Å². The van der Waals surface area contributed by atoms with Gasteiger partial charge in [-0.2, -0.15) is 5.10 Å². The number of nitro groups is 1. The Bertz CT molecular complexity index is 1480. The zero-order chi connectivity index (χ0) is 27.1. The molecule has 1 amide bonds. The number of nitrogens with zero attached hydrogens (tertiary/aromatic N) is 5. The molecular weight excluding hydrogens is 551 g/mol. The van der Waals surface area contributed by atoms with E-state index in [1.807, 2.05) is 47.9 Å². The maximum atomic E-state index is 12.5. The Morgan fingerprint density at radius 3 is 2.55 bits per heavy atom. The zero-order valence-corrected chi connectivity index (χ0v) is 22.2. The molecule has 0 bridgehead atoms.